The van der Waals surface area contributed by atoms with Crippen LogP contribution in [0.15, 0.2) is 42.5 Å². The van der Waals surface area contributed by atoms with E-state index in [4.69, 9.17) is 11.6 Å². The molecule has 0 spiro atoms. The quantitative estimate of drug-likeness (QED) is 0.867. The highest BCUT2D eigenvalue weighted by Crippen LogP contribution is 2.22. The highest BCUT2D eigenvalue weighted by Gasteiger charge is 2.29. The smallest absolute Gasteiger partial charge is 0.253 e. The van der Waals surface area contributed by atoms with Crippen molar-refractivity contribution in [2.75, 3.05) is 18.4 Å². The Labute approximate surface area is 159 Å². The van der Waals surface area contributed by atoms with Crippen molar-refractivity contribution in [3.8, 4) is 0 Å². The number of amides is 2. The Morgan fingerprint density at radius 1 is 1.08 bits per heavy atom. The van der Waals surface area contributed by atoms with E-state index in [0.29, 0.717) is 23.7 Å². The summed E-state index contributed by atoms with van der Waals surface area (Å²) in [6.45, 7) is 5.14. The number of hydrogen-bond donors (Lipinski definition) is 1. The van der Waals surface area contributed by atoms with Gasteiger partial charge in [0.15, 0.2) is 0 Å². The summed E-state index contributed by atoms with van der Waals surface area (Å²) in [6.07, 6.45) is 1.62. The molecule has 0 aromatic heterocycles. The van der Waals surface area contributed by atoms with E-state index >= 15 is 0 Å². The normalized spacial score (nSPS) is 17.0. The molecule has 2 aromatic carbocycles. The van der Waals surface area contributed by atoms with Crippen LogP contribution in [0.5, 0.6) is 0 Å². The molecule has 1 aliphatic rings. The second-order valence-corrected chi connectivity index (χ2v) is 7.40. The van der Waals surface area contributed by atoms with Gasteiger partial charge in [-0.05, 0) is 74.2 Å². The van der Waals surface area contributed by atoms with Gasteiger partial charge in [-0.3, -0.25) is 9.59 Å². The van der Waals surface area contributed by atoms with Crippen LogP contribution in [0.4, 0.5) is 5.69 Å². The van der Waals surface area contributed by atoms with Gasteiger partial charge in [-0.25, -0.2) is 0 Å². The summed E-state index contributed by atoms with van der Waals surface area (Å²) in [7, 11) is 0. The zero-order valence-corrected chi connectivity index (χ0v) is 15.8. The lowest BCUT2D eigenvalue weighted by atomic mass is 9.96. The van der Waals surface area contributed by atoms with Crippen LogP contribution in [0, 0.1) is 19.8 Å². The number of carbonyl (C=O) groups is 2. The van der Waals surface area contributed by atoms with Crippen molar-refractivity contribution < 1.29 is 9.59 Å². The molecule has 0 saturated carbocycles. The summed E-state index contributed by atoms with van der Waals surface area (Å²) in [6, 6.07) is 12.9. The van der Waals surface area contributed by atoms with Gasteiger partial charge in [0.1, 0.15) is 0 Å². The van der Waals surface area contributed by atoms with Crippen LogP contribution in [0.25, 0.3) is 0 Å². The Hall–Kier alpha value is -2.33. The van der Waals surface area contributed by atoms with E-state index in [2.05, 4.69) is 11.4 Å². The highest BCUT2D eigenvalue weighted by molar-refractivity contribution is 6.30. The van der Waals surface area contributed by atoms with Crippen molar-refractivity contribution in [1.29, 1.82) is 0 Å². The molecular weight excluding hydrogens is 348 g/mol. The molecule has 1 N–H and O–H groups in total. The van der Waals surface area contributed by atoms with Crippen LogP contribution in [0.1, 0.15) is 34.3 Å². The van der Waals surface area contributed by atoms with Crippen molar-refractivity contribution in [2.24, 2.45) is 5.92 Å². The standard InChI is InChI=1S/C21H23ClN2O2/c1-14-10-15(2)12-19(11-14)23-20(25)17-4-3-9-24(13-17)21(26)16-5-7-18(22)8-6-16/h5-8,10-12,17H,3-4,9,13H2,1-2H3,(H,23,25)/t17-/m0/s1. The Morgan fingerprint density at radius 3 is 2.38 bits per heavy atom. The second kappa shape index (κ2) is 7.92. The first kappa shape index (κ1) is 18.5. The largest absolute Gasteiger partial charge is 0.338 e. The van der Waals surface area contributed by atoms with Gasteiger partial charge in [0.05, 0.1) is 5.92 Å². The lowest BCUT2D eigenvalue weighted by Crippen LogP contribution is -2.43. The molecule has 0 aliphatic carbocycles. The summed E-state index contributed by atoms with van der Waals surface area (Å²) >= 11 is 5.89. The predicted molar refractivity (Wildman–Crippen MR) is 105 cm³/mol. The lowest BCUT2D eigenvalue weighted by Gasteiger charge is -2.32. The van der Waals surface area contributed by atoms with Gasteiger partial charge in [0, 0.05) is 29.4 Å². The van der Waals surface area contributed by atoms with Gasteiger partial charge in [-0.15, -0.1) is 0 Å². The summed E-state index contributed by atoms with van der Waals surface area (Å²) in [5.41, 5.74) is 3.64. The van der Waals surface area contributed by atoms with Gasteiger partial charge in [-0.1, -0.05) is 17.7 Å². The molecule has 1 saturated heterocycles. The third-order valence-corrected chi connectivity index (χ3v) is 4.91. The molecule has 1 fully saturated rings. The SMILES string of the molecule is Cc1cc(C)cc(NC(=O)[C@H]2CCCN(C(=O)c3ccc(Cl)cc3)C2)c1. The van der Waals surface area contributed by atoms with Crippen molar-refractivity contribution >= 4 is 29.1 Å². The van der Waals surface area contributed by atoms with Crippen LogP contribution < -0.4 is 5.32 Å². The topological polar surface area (TPSA) is 49.4 Å². The molecule has 5 heteroatoms. The number of anilines is 1. The molecule has 2 aromatic rings. The summed E-state index contributed by atoms with van der Waals surface area (Å²) in [5.74, 6) is -0.269. The maximum atomic E-state index is 12.7. The Morgan fingerprint density at radius 2 is 1.73 bits per heavy atom. The number of likely N-dealkylation sites (tertiary alicyclic amines) is 1. The fourth-order valence-electron chi connectivity index (χ4n) is 3.44. The number of piperidine rings is 1. The number of rotatable bonds is 3. The molecule has 4 nitrogen and oxygen atoms in total. The average Bonchev–Trinajstić information content (AvgIpc) is 2.61. The fraction of sp³-hybridized carbons (Fsp3) is 0.333. The van der Waals surface area contributed by atoms with Crippen LogP contribution >= 0.6 is 11.6 Å². The number of hydrogen-bond acceptors (Lipinski definition) is 2. The molecule has 0 unspecified atom stereocenters. The lowest BCUT2D eigenvalue weighted by molar-refractivity contribution is -0.121. The molecular formula is C21H23ClN2O2. The van der Waals surface area contributed by atoms with Crippen LogP contribution in [-0.2, 0) is 4.79 Å². The van der Waals surface area contributed by atoms with E-state index in [1.165, 1.54) is 0 Å². The fourth-order valence-corrected chi connectivity index (χ4v) is 3.57. The number of carbonyl (C=O) groups excluding carboxylic acids is 2. The second-order valence-electron chi connectivity index (χ2n) is 6.96. The summed E-state index contributed by atoms with van der Waals surface area (Å²) < 4.78 is 0. The third-order valence-electron chi connectivity index (χ3n) is 4.66. The zero-order chi connectivity index (χ0) is 18.7. The van der Waals surface area contributed by atoms with E-state index in [1.54, 1.807) is 29.2 Å². The minimum Gasteiger partial charge on any atom is -0.338 e. The van der Waals surface area contributed by atoms with Crippen molar-refractivity contribution in [1.82, 2.24) is 4.90 Å². The molecule has 3 rings (SSSR count). The molecule has 1 heterocycles. The van der Waals surface area contributed by atoms with E-state index in [0.717, 1.165) is 29.7 Å². The van der Waals surface area contributed by atoms with Crippen LogP contribution in [-0.4, -0.2) is 29.8 Å². The molecule has 136 valence electrons. The average molecular weight is 371 g/mol. The first-order valence-corrected chi connectivity index (χ1v) is 9.24. The molecule has 26 heavy (non-hydrogen) atoms. The van der Waals surface area contributed by atoms with E-state index in [-0.39, 0.29) is 17.7 Å². The maximum Gasteiger partial charge on any atom is 0.253 e. The minimum absolute atomic E-state index is 0.0244. The van der Waals surface area contributed by atoms with Gasteiger partial charge in [0.25, 0.3) is 5.91 Å². The van der Waals surface area contributed by atoms with Gasteiger partial charge in [-0.2, -0.15) is 0 Å². The third kappa shape index (κ3) is 4.44. The van der Waals surface area contributed by atoms with Gasteiger partial charge < -0.3 is 10.2 Å². The van der Waals surface area contributed by atoms with E-state index in [9.17, 15) is 9.59 Å². The van der Waals surface area contributed by atoms with Gasteiger partial charge in [0.2, 0.25) is 5.91 Å². The highest BCUT2D eigenvalue weighted by atomic mass is 35.5. The Balaban J connectivity index is 1.66. The van der Waals surface area contributed by atoms with Crippen LogP contribution in [0.3, 0.4) is 0 Å². The number of benzene rings is 2. The molecule has 0 radical (unpaired) electrons. The number of nitrogens with one attached hydrogen (secondary N) is 1. The number of aryl methyl sites for hydroxylation is 2. The monoisotopic (exact) mass is 370 g/mol. The first-order valence-electron chi connectivity index (χ1n) is 8.86. The Kier molecular flexibility index (Phi) is 5.62. The van der Waals surface area contributed by atoms with Gasteiger partial charge >= 0.3 is 0 Å². The van der Waals surface area contributed by atoms with E-state index in [1.807, 2.05) is 26.0 Å². The summed E-state index contributed by atoms with van der Waals surface area (Å²) in [4.78, 5) is 27.1. The first-order chi connectivity index (χ1) is 12.4. The summed E-state index contributed by atoms with van der Waals surface area (Å²) in [5, 5.41) is 3.61. The van der Waals surface area contributed by atoms with E-state index < -0.39 is 0 Å². The van der Waals surface area contributed by atoms with Crippen molar-refractivity contribution in [2.45, 2.75) is 26.7 Å². The molecule has 0 bridgehead atoms. The van der Waals surface area contributed by atoms with Crippen LogP contribution in [0.2, 0.25) is 5.02 Å². The van der Waals surface area contributed by atoms with Crippen molar-refractivity contribution in [3.63, 3.8) is 0 Å². The predicted octanol–water partition coefficient (Wildman–Crippen LogP) is 4.45. The molecule has 2 amide bonds. The molecule has 1 aliphatic heterocycles. The van der Waals surface area contributed by atoms with Crippen molar-refractivity contribution in [3.05, 3.63) is 64.2 Å². The Bertz CT molecular complexity index is 797. The number of halogens is 1. The number of nitrogens with zero attached hydrogens (tertiary/aromatic N) is 1. The zero-order valence-electron chi connectivity index (χ0n) is 15.1. The molecule has 1 atom stereocenters. The minimum atomic E-state index is -0.194. The maximum absolute atomic E-state index is 12.7.